The maximum atomic E-state index is 12.1. The van der Waals surface area contributed by atoms with Gasteiger partial charge < -0.3 is 19.9 Å². The number of phenols is 1. The molecule has 0 radical (unpaired) electrons. The highest BCUT2D eigenvalue weighted by molar-refractivity contribution is 6.31. The number of carbonyl (C=O) groups excluding carboxylic acids is 2. The number of halogens is 1. The fourth-order valence-electron chi connectivity index (χ4n) is 1.89. The van der Waals surface area contributed by atoms with E-state index in [1.54, 1.807) is 24.3 Å². The molecule has 0 saturated heterocycles. The summed E-state index contributed by atoms with van der Waals surface area (Å²) in [5.41, 5.74) is 0.399. The molecule has 0 aliphatic rings. The van der Waals surface area contributed by atoms with Crippen LogP contribution in [0.15, 0.2) is 42.5 Å². The van der Waals surface area contributed by atoms with E-state index in [1.165, 1.54) is 32.2 Å². The van der Waals surface area contributed by atoms with Gasteiger partial charge in [0.15, 0.2) is 6.10 Å². The molecule has 1 atom stereocenters. The van der Waals surface area contributed by atoms with Crippen LogP contribution in [0.3, 0.4) is 0 Å². The first-order chi connectivity index (χ1) is 11.4. The number of phenolic OH excluding ortho intramolecular Hbond substituents is 1. The van der Waals surface area contributed by atoms with Crippen molar-refractivity contribution < 1.29 is 24.2 Å². The lowest BCUT2D eigenvalue weighted by atomic mass is 10.2. The summed E-state index contributed by atoms with van der Waals surface area (Å²) in [6, 6.07) is 10.8. The van der Waals surface area contributed by atoms with Crippen LogP contribution < -0.4 is 10.1 Å². The first-order valence-electron chi connectivity index (χ1n) is 7.05. The van der Waals surface area contributed by atoms with Crippen molar-refractivity contribution in [1.82, 2.24) is 0 Å². The van der Waals surface area contributed by atoms with E-state index in [9.17, 15) is 14.7 Å². The Morgan fingerprint density at radius 1 is 1.21 bits per heavy atom. The van der Waals surface area contributed by atoms with Crippen molar-refractivity contribution in [3.05, 3.63) is 53.1 Å². The monoisotopic (exact) mass is 349 g/mol. The van der Waals surface area contributed by atoms with Crippen LogP contribution in [0, 0.1) is 0 Å². The number of aromatic hydroxyl groups is 1. The molecule has 0 heterocycles. The van der Waals surface area contributed by atoms with Crippen LogP contribution in [0.2, 0.25) is 5.02 Å². The Morgan fingerprint density at radius 2 is 1.96 bits per heavy atom. The number of ether oxygens (including phenoxy) is 2. The number of nitrogens with one attached hydrogen (secondary N) is 1. The summed E-state index contributed by atoms with van der Waals surface area (Å²) in [4.78, 5) is 24.2. The van der Waals surface area contributed by atoms with E-state index in [1.807, 2.05) is 0 Å². The molecule has 1 amide bonds. The van der Waals surface area contributed by atoms with Crippen molar-refractivity contribution in [1.29, 1.82) is 0 Å². The Labute approximate surface area is 144 Å². The number of rotatable bonds is 5. The van der Waals surface area contributed by atoms with Gasteiger partial charge in [-0.3, -0.25) is 4.79 Å². The SMILES string of the molecule is COc1cccc(NC(=O)[C@@H](C)OC(=O)c2cc(Cl)ccc2O)c1. The summed E-state index contributed by atoms with van der Waals surface area (Å²) in [6.45, 7) is 1.43. The Morgan fingerprint density at radius 3 is 2.67 bits per heavy atom. The third-order valence-corrected chi connectivity index (χ3v) is 3.40. The molecule has 6 nitrogen and oxygen atoms in total. The van der Waals surface area contributed by atoms with E-state index in [0.717, 1.165) is 0 Å². The Kier molecular flexibility index (Phi) is 5.65. The molecule has 0 saturated carbocycles. The largest absolute Gasteiger partial charge is 0.507 e. The Hall–Kier alpha value is -2.73. The third kappa shape index (κ3) is 4.39. The van der Waals surface area contributed by atoms with Crippen LogP contribution in [-0.4, -0.2) is 30.2 Å². The van der Waals surface area contributed by atoms with Crippen molar-refractivity contribution in [2.75, 3.05) is 12.4 Å². The molecule has 0 fully saturated rings. The molecule has 2 aromatic carbocycles. The smallest absolute Gasteiger partial charge is 0.342 e. The lowest BCUT2D eigenvalue weighted by molar-refractivity contribution is -0.123. The molecule has 2 N–H and O–H groups in total. The van der Waals surface area contributed by atoms with Crippen molar-refractivity contribution in [2.45, 2.75) is 13.0 Å². The Balaban J connectivity index is 2.02. The molecular formula is C17H16ClNO5. The minimum Gasteiger partial charge on any atom is -0.507 e. The first kappa shape index (κ1) is 17.6. The molecule has 0 aromatic heterocycles. The zero-order valence-corrected chi connectivity index (χ0v) is 13.8. The second-order valence-corrected chi connectivity index (χ2v) is 5.37. The topological polar surface area (TPSA) is 84.9 Å². The van der Waals surface area contributed by atoms with E-state index in [0.29, 0.717) is 11.4 Å². The predicted molar refractivity (Wildman–Crippen MR) is 89.6 cm³/mol. The van der Waals surface area contributed by atoms with Crippen molar-refractivity contribution in [3.8, 4) is 11.5 Å². The highest BCUT2D eigenvalue weighted by Crippen LogP contribution is 2.23. The molecule has 0 spiro atoms. The van der Waals surface area contributed by atoms with Crippen LogP contribution in [0.25, 0.3) is 0 Å². The van der Waals surface area contributed by atoms with Gasteiger partial charge in [0.2, 0.25) is 0 Å². The molecule has 126 valence electrons. The summed E-state index contributed by atoms with van der Waals surface area (Å²) in [7, 11) is 1.52. The third-order valence-electron chi connectivity index (χ3n) is 3.17. The fraction of sp³-hybridized carbons (Fsp3) is 0.176. The van der Waals surface area contributed by atoms with Gasteiger partial charge in [0, 0.05) is 16.8 Å². The number of benzene rings is 2. The summed E-state index contributed by atoms with van der Waals surface area (Å²) in [5, 5.41) is 12.6. The van der Waals surface area contributed by atoms with Gasteiger partial charge in [0.1, 0.15) is 17.1 Å². The average Bonchev–Trinajstić information content (AvgIpc) is 2.57. The normalized spacial score (nSPS) is 11.5. The number of esters is 1. The number of methoxy groups -OCH3 is 1. The van der Waals surface area contributed by atoms with E-state index >= 15 is 0 Å². The van der Waals surface area contributed by atoms with Gasteiger partial charge in [-0.15, -0.1) is 0 Å². The maximum absolute atomic E-state index is 12.1. The van der Waals surface area contributed by atoms with Gasteiger partial charge in [-0.25, -0.2) is 4.79 Å². The molecule has 0 unspecified atom stereocenters. The second-order valence-electron chi connectivity index (χ2n) is 4.93. The summed E-state index contributed by atoms with van der Waals surface area (Å²) >= 11 is 5.79. The molecule has 2 rings (SSSR count). The fourth-order valence-corrected chi connectivity index (χ4v) is 2.07. The lowest BCUT2D eigenvalue weighted by Crippen LogP contribution is -2.30. The number of carbonyl (C=O) groups is 2. The van der Waals surface area contributed by atoms with Gasteiger partial charge in [-0.2, -0.15) is 0 Å². The van der Waals surface area contributed by atoms with E-state index in [-0.39, 0.29) is 16.3 Å². The number of hydrogen-bond donors (Lipinski definition) is 2. The zero-order valence-electron chi connectivity index (χ0n) is 13.1. The number of amides is 1. The van der Waals surface area contributed by atoms with Gasteiger partial charge >= 0.3 is 5.97 Å². The summed E-state index contributed by atoms with van der Waals surface area (Å²) in [6.07, 6.45) is -1.07. The molecule has 7 heteroatoms. The molecule has 0 aliphatic carbocycles. The quantitative estimate of drug-likeness (QED) is 0.809. The first-order valence-corrected chi connectivity index (χ1v) is 7.43. The van der Waals surface area contributed by atoms with Gasteiger partial charge in [0.25, 0.3) is 5.91 Å². The highest BCUT2D eigenvalue weighted by Gasteiger charge is 2.21. The van der Waals surface area contributed by atoms with Crippen LogP contribution in [0.1, 0.15) is 17.3 Å². The molecular weight excluding hydrogens is 334 g/mol. The lowest BCUT2D eigenvalue weighted by Gasteiger charge is -2.14. The van der Waals surface area contributed by atoms with Crippen LogP contribution in [-0.2, 0) is 9.53 Å². The highest BCUT2D eigenvalue weighted by atomic mass is 35.5. The van der Waals surface area contributed by atoms with Gasteiger partial charge in [-0.1, -0.05) is 17.7 Å². The maximum Gasteiger partial charge on any atom is 0.342 e. The molecule has 2 aromatic rings. The zero-order chi connectivity index (χ0) is 17.7. The number of anilines is 1. The minimum atomic E-state index is -1.07. The van der Waals surface area contributed by atoms with Gasteiger partial charge in [-0.05, 0) is 37.3 Å². The van der Waals surface area contributed by atoms with Crippen molar-refractivity contribution >= 4 is 29.2 Å². The van der Waals surface area contributed by atoms with E-state index < -0.39 is 18.0 Å². The standard InChI is InChI=1S/C17H16ClNO5/c1-10(16(21)19-12-4-3-5-13(9-12)23-2)24-17(22)14-8-11(18)6-7-15(14)20/h3-10,20H,1-2H3,(H,19,21)/t10-/m1/s1. The Bertz CT molecular complexity index is 762. The second kappa shape index (κ2) is 7.70. The molecule has 24 heavy (non-hydrogen) atoms. The molecule has 0 aliphatic heterocycles. The molecule has 0 bridgehead atoms. The minimum absolute atomic E-state index is 0.108. The predicted octanol–water partition coefficient (Wildman–Crippen LogP) is 3.24. The summed E-state index contributed by atoms with van der Waals surface area (Å²) < 4.78 is 10.1. The van der Waals surface area contributed by atoms with Crippen LogP contribution in [0.4, 0.5) is 5.69 Å². The van der Waals surface area contributed by atoms with Crippen molar-refractivity contribution in [3.63, 3.8) is 0 Å². The average molecular weight is 350 g/mol. The van der Waals surface area contributed by atoms with Crippen LogP contribution in [0.5, 0.6) is 11.5 Å². The summed E-state index contributed by atoms with van der Waals surface area (Å²) in [5.74, 6) is -1.05. The number of hydrogen-bond acceptors (Lipinski definition) is 5. The van der Waals surface area contributed by atoms with E-state index in [2.05, 4.69) is 5.32 Å². The van der Waals surface area contributed by atoms with Crippen molar-refractivity contribution in [2.24, 2.45) is 0 Å². The van der Waals surface area contributed by atoms with Crippen LogP contribution >= 0.6 is 11.6 Å². The van der Waals surface area contributed by atoms with Gasteiger partial charge in [0.05, 0.1) is 7.11 Å². The van der Waals surface area contributed by atoms with E-state index in [4.69, 9.17) is 21.1 Å².